The molecular weight excluding hydrogens is 252 g/mol. The molecule has 7 heteroatoms. The fourth-order valence-electron chi connectivity index (χ4n) is 1.64. The van der Waals surface area contributed by atoms with E-state index in [1.165, 1.54) is 0 Å². The molecule has 0 bridgehead atoms. The lowest BCUT2D eigenvalue weighted by Gasteiger charge is -2.11. The summed E-state index contributed by atoms with van der Waals surface area (Å²) in [7, 11) is 1.88. The maximum atomic E-state index is 4.46. The van der Waals surface area contributed by atoms with Gasteiger partial charge in [-0.05, 0) is 20.8 Å². The molecule has 0 aliphatic carbocycles. The van der Waals surface area contributed by atoms with Gasteiger partial charge in [0.05, 0.1) is 11.6 Å². The first-order valence-corrected chi connectivity index (χ1v) is 5.82. The second-order valence-corrected chi connectivity index (χ2v) is 4.23. The molecule has 2 heterocycles. The van der Waals surface area contributed by atoms with E-state index in [0.717, 1.165) is 23.4 Å². The molecule has 2 aromatic heterocycles. The summed E-state index contributed by atoms with van der Waals surface area (Å²) in [6.45, 7) is 6.98. The van der Waals surface area contributed by atoms with Gasteiger partial charge >= 0.3 is 0 Å². The van der Waals surface area contributed by atoms with Crippen LogP contribution < -0.4 is 10.6 Å². The third-order valence-corrected chi connectivity index (χ3v) is 2.35. The molecule has 0 spiro atoms. The van der Waals surface area contributed by atoms with Crippen LogP contribution in [0.5, 0.6) is 0 Å². The number of halogens is 1. The van der Waals surface area contributed by atoms with E-state index in [9.17, 15) is 0 Å². The number of anilines is 2. The molecule has 2 N–H and O–H groups in total. The molecule has 0 radical (unpaired) electrons. The van der Waals surface area contributed by atoms with E-state index in [1.807, 2.05) is 14.0 Å². The van der Waals surface area contributed by atoms with Crippen LogP contribution in [0.3, 0.4) is 0 Å². The predicted molar refractivity (Wildman–Crippen MR) is 76.5 cm³/mol. The van der Waals surface area contributed by atoms with Crippen molar-refractivity contribution in [3.63, 3.8) is 0 Å². The number of hydrogen-bond donors (Lipinski definition) is 2. The first kappa shape index (κ1) is 14.5. The largest absolute Gasteiger partial charge is 0.367 e. The van der Waals surface area contributed by atoms with Gasteiger partial charge in [-0.2, -0.15) is 15.1 Å². The molecule has 0 aliphatic heterocycles. The van der Waals surface area contributed by atoms with Crippen molar-refractivity contribution in [2.75, 3.05) is 17.2 Å². The molecule has 0 aliphatic rings. The molecule has 0 saturated heterocycles. The fraction of sp³-hybridized carbons (Fsp3) is 0.545. The summed E-state index contributed by atoms with van der Waals surface area (Å²) in [6.07, 6.45) is 1.79. The Morgan fingerprint density at radius 2 is 2.06 bits per heavy atom. The molecule has 100 valence electrons. The van der Waals surface area contributed by atoms with Crippen molar-refractivity contribution in [3.8, 4) is 0 Å². The summed E-state index contributed by atoms with van der Waals surface area (Å²) in [5, 5.41) is 11.6. The number of nitrogens with zero attached hydrogens (tertiary/aromatic N) is 4. The summed E-state index contributed by atoms with van der Waals surface area (Å²) >= 11 is 0. The van der Waals surface area contributed by atoms with E-state index in [0.29, 0.717) is 12.0 Å². The maximum absolute atomic E-state index is 4.46. The summed E-state index contributed by atoms with van der Waals surface area (Å²) < 4.78 is 1.75. The quantitative estimate of drug-likeness (QED) is 0.890. The summed E-state index contributed by atoms with van der Waals surface area (Å²) in [6, 6.07) is 0.322. The highest BCUT2D eigenvalue weighted by atomic mass is 35.5. The number of aromatic nitrogens is 4. The van der Waals surface area contributed by atoms with Gasteiger partial charge in [-0.3, -0.25) is 4.68 Å². The average molecular weight is 271 g/mol. The Labute approximate surface area is 113 Å². The smallest absolute Gasteiger partial charge is 0.226 e. The molecule has 2 aromatic rings. The SMILES string of the molecule is CCNc1nc(NC(C)C)c2cnn(C)c2n1.Cl. The molecule has 6 nitrogen and oxygen atoms in total. The molecule has 18 heavy (non-hydrogen) atoms. The van der Waals surface area contributed by atoms with Crippen molar-refractivity contribution in [1.82, 2.24) is 19.7 Å². The van der Waals surface area contributed by atoms with Crippen LogP contribution in [0.4, 0.5) is 11.8 Å². The lowest BCUT2D eigenvalue weighted by atomic mass is 10.3. The highest BCUT2D eigenvalue weighted by molar-refractivity contribution is 5.87. The van der Waals surface area contributed by atoms with Crippen LogP contribution >= 0.6 is 12.4 Å². The van der Waals surface area contributed by atoms with E-state index in [-0.39, 0.29) is 12.4 Å². The van der Waals surface area contributed by atoms with E-state index in [4.69, 9.17) is 0 Å². The van der Waals surface area contributed by atoms with Crippen LogP contribution in [0.1, 0.15) is 20.8 Å². The van der Waals surface area contributed by atoms with Gasteiger partial charge in [0.15, 0.2) is 5.65 Å². The van der Waals surface area contributed by atoms with E-state index < -0.39 is 0 Å². The van der Waals surface area contributed by atoms with E-state index in [1.54, 1.807) is 10.9 Å². The zero-order chi connectivity index (χ0) is 12.4. The minimum absolute atomic E-state index is 0. The van der Waals surface area contributed by atoms with Gasteiger partial charge in [-0.25, -0.2) is 0 Å². The first-order chi connectivity index (χ1) is 8.11. The third kappa shape index (κ3) is 2.81. The second-order valence-electron chi connectivity index (χ2n) is 4.23. The summed E-state index contributed by atoms with van der Waals surface area (Å²) in [4.78, 5) is 8.89. The Bertz CT molecular complexity index is 521. The van der Waals surface area contributed by atoms with Gasteiger partial charge in [0, 0.05) is 19.6 Å². The van der Waals surface area contributed by atoms with Crippen molar-refractivity contribution in [3.05, 3.63) is 6.20 Å². The first-order valence-electron chi connectivity index (χ1n) is 5.82. The lowest BCUT2D eigenvalue weighted by Crippen LogP contribution is -2.13. The Balaban J connectivity index is 0.00000162. The number of rotatable bonds is 4. The summed E-state index contributed by atoms with van der Waals surface area (Å²) in [5.41, 5.74) is 0.833. The Morgan fingerprint density at radius 3 is 2.67 bits per heavy atom. The van der Waals surface area contributed by atoms with Gasteiger partial charge in [0.2, 0.25) is 5.95 Å². The van der Waals surface area contributed by atoms with Crippen LogP contribution in [0.25, 0.3) is 11.0 Å². The number of nitrogens with one attached hydrogen (secondary N) is 2. The van der Waals surface area contributed by atoms with E-state index in [2.05, 4.69) is 39.5 Å². The fourth-order valence-corrected chi connectivity index (χ4v) is 1.64. The van der Waals surface area contributed by atoms with Crippen LogP contribution in [-0.4, -0.2) is 32.3 Å². The van der Waals surface area contributed by atoms with Crippen molar-refractivity contribution >= 4 is 35.2 Å². The standard InChI is InChI=1S/C11H18N6.ClH/c1-5-12-11-15-9(14-7(2)3)8-6-13-17(4)10(8)16-11;/h6-7H,5H2,1-4H3,(H2,12,14,15,16);1H. The maximum Gasteiger partial charge on any atom is 0.226 e. The molecule has 0 unspecified atom stereocenters. The predicted octanol–water partition coefficient (Wildman–Crippen LogP) is 2.04. The van der Waals surface area contributed by atoms with Crippen molar-refractivity contribution < 1.29 is 0 Å². The van der Waals surface area contributed by atoms with Crippen LogP contribution in [0.15, 0.2) is 6.20 Å². The Hall–Kier alpha value is -1.56. The zero-order valence-electron chi connectivity index (χ0n) is 11.1. The van der Waals surface area contributed by atoms with Crippen molar-refractivity contribution in [2.45, 2.75) is 26.8 Å². The topological polar surface area (TPSA) is 67.7 Å². The van der Waals surface area contributed by atoms with Gasteiger partial charge in [0.1, 0.15) is 5.82 Å². The minimum atomic E-state index is 0. The molecule has 0 fully saturated rings. The molecular formula is C11H19ClN6. The average Bonchev–Trinajstić information content (AvgIpc) is 2.61. The van der Waals surface area contributed by atoms with Crippen molar-refractivity contribution in [2.24, 2.45) is 7.05 Å². The van der Waals surface area contributed by atoms with Crippen LogP contribution in [-0.2, 0) is 7.05 Å². The van der Waals surface area contributed by atoms with Crippen LogP contribution in [0, 0.1) is 0 Å². The number of hydrogen-bond acceptors (Lipinski definition) is 5. The normalized spacial score (nSPS) is 10.5. The lowest BCUT2D eigenvalue weighted by molar-refractivity contribution is 0.785. The van der Waals surface area contributed by atoms with Gasteiger partial charge in [-0.1, -0.05) is 0 Å². The highest BCUT2D eigenvalue weighted by Gasteiger charge is 2.11. The molecule has 0 aromatic carbocycles. The number of fused-ring (bicyclic) bond motifs is 1. The summed E-state index contributed by atoms with van der Waals surface area (Å²) in [5.74, 6) is 1.46. The van der Waals surface area contributed by atoms with Gasteiger partial charge in [0.25, 0.3) is 0 Å². The molecule has 2 rings (SSSR count). The minimum Gasteiger partial charge on any atom is -0.367 e. The van der Waals surface area contributed by atoms with Gasteiger partial charge < -0.3 is 10.6 Å². The highest BCUT2D eigenvalue weighted by Crippen LogP contribution is 2.21. The zero-order valence-corrected chi connectivity index (χ0v) is 11.9. The van der Waals surface area contributed by atoms with Gasteiger partial charge in [-0.15, -0.1) is 12.4 Å². The third-order valence-electron chi connectivity index (χ3n) is 2.35. The van der Waals surface area contributed by atoms with Crippen molar-refractivity contribution in [1.29, 1.82) is 0 Å². The van der Waals surface area contributed by atoms with E-state index >= 15 is 0 Å². The Morgan fingerprint density at radius 1 is 1.33 bits per heavy atom. The molecule has 0 saturated carbocycles. The van der Waals surface area contributed by atoms with Crippen LogP contribution in [0.2, 0.25) is 0 Å². The monoisotopic (exact) mass is 270 g/mol. The molecule has 0 atom stereocenters. The second kappa shape index (κ2) is 5.86. The Kier molecular flexibility index (Phi) is 4.72. The molecule has 0 amide bonds. The number of aryl methyl sites for hydroxylation is 1.